The standard InChI is InChI=1S/C21H17N3O/c1-14-6-3-4-7-16(14)20-17(8-5-11-22-20)15-9-10-19-18(12-15)21(25)24(2)13-23-19/h3-13H,1-2H3. The number of hydrogen-bond acceptors (Lipinski definition) is 3. The average molecular weight is 327 g/mol. The molecule has 0 aliphatic rings. The Morgan fingerprint density at radius 2 is 1.72 bits per heavy atom. The third kappa shape index (κ3) is 2.62. The molecular weight excluding hydrogens is 310 g/mol. The summed E-state index contributed by atoms with van der Waals surface area (Å²) in [5.74, 6) is 0. The van der Waals surface area contributed by atoms with Crippen LogP contribution in [0, 0.1) is 6.92 Å². The van der Waals surface area contributed by atoms with E-state index < -0.39 is 0 Å². The average Bonchev–Trinajstić information content (AvgIpc) is 2.65. The van der Waals surface area contributed by atoms with Crippen LogP contribution in [0.5, 0.6) is 0 Å². The van der Waals surface area contributed by atoms with Crippen molar-refractivity contribution >= 4 is 10.9 Å². The van der Waals surface area contributed by atoms with Crippen molar-refractivity contribution in [2.24, 2.45) is 7.05 Å². The zero-order chi connectivity index (χ0) is 17.4. The fourth-order valence-corrected chi connectivity index (χ4v) is 3.07. The van der Waals surface area contributed by atoms with Gasteiger partial charge in [0.15, 0.2) is 0 Å². The van der Waals surface area contributed by atoms with E-state index in [-0.39, 0.29) is 5.56 Å². The second-order valence-electron chi connectivity index (χ2n) is 6.11. The summed E-state index contributed by atoms with van der Waals surface area (Å²) in [6.07, 6.45) is 3.35. The Morgan fingerprint density at radius 1 is 0.920 bits per heavy atom. The van der Waals surface area contributed by atoms with E-state index in [2.05, 4.69) is 29.0 Å². The Labute approximate surface area is 145 Å². The van der Waals surface area contributed by atoms with Gasteiger partial charge >= 0.3 is 0 Å². The maximum atomic E-state index is 12.4. The van der Waals surface area contributed by atoms with Crippen LogP contribution in [0.25, 0.3) is 33.3 Å². The van der Waals surface area contributed by atoms with E-state index >= 15 is 0 Å². The number of hydrogen-bond donors (Lipinski definition) is 0. The molecular formula is C21H17N3O. The lowest BCUT2D eigenvalue weighted by molar-refractivity contribution is 0.843. The number of nitrogens with zero attached hydrogens (tertiary/aromatic N) is 3. The molecule has 0 amide bonds. The van der Waals surface area contributed by atoms with Crippen LogP contribution in [-0.2, 0) is 7.05 Å². The number of aryl methyl sites for hydroxylation is 2. The molecule has 0 radical (unpaired) electrons. The molecule has 0 unspecified atom stereocenters. The van der Waals surface area contributed by atoms with Crippen LogP contribution in [0.2, 0.25) is 0 Å². The van der Waals surface area contributed by atoms with E-state index in [1.54, 1.807) is 19.6 Å². The highest BCUT2D eigenvalue weighted by molar-refractivity contribution is 5.88. The number of benzene rings is 2. The van der Waals surface area contributed by atoms with Gasteiger partial charge in [0.1, 0.15) is 0 Å². The summed E-state index contributed by atoms with van der Waals surface area (Å²) in [6, 6.07) is 17.9. The second kappa shape index (κ2) is 5.98. The van der Waals surface area contributed by atoms with E-state index in [9.17, 15) is 4.79 Å². The summed E-state index contributed by atoms with van der Waals surface area (Å²) >= 11 is 0. The van der Waals surface area contributed by atoms with Crippen LogP contribution >= 0.6 is 0 Å². The largest absolute Gasteiger partial charge is 0.302 e. The third-order valence-electron chi connectivity index (χ3n) is 4.44. The normalized spacial score (nSPS) is 11.0. The molecule has 0 bridgehead atoms. The molecule has 4 nitrogen and oxygen atoms in total. The Morgan fingerprint density at radius 3 is 2.56 bits per heavy atom. The van der Waals surface area contributed by atoms with Gasteiger partial charge in [0, 0.05) is 24.4 Å². The molecule has 0 aliphatic carbocycles. The summed E-state index contributed by atoms with van der Waals surface area (Å²) in [7, 11) is 1.71. The van der Waals surface area contributed by atoms with Gasteiger partial charge in [0.2, 0.25) is 0 Å². The molecule has 4 rings (SSSR count). The van der Waals surface area contributed by atoms with E-state index in [4.69, 9.17) is 0 Å². The van der Waals surface area contributed by atoms with E-state index in [0.717, 1.165) is 22.4 Å². The second-order valence-corrected chi connectivity index (χ2v) is 6.11. The minimum Gasteiger partial charge on any atom is -0.302 e. The first-order valence-electron chi connectivity index (χ1n) is 8.12. The SMILES string of the molecule is Cc1ccccc1-c1ncccc1-c1ccc2ncn(C)c(=O)c2c1. The predicted molar refractivity (Wildman–Crippen MR) is 100 cm³/mol. The molecule has 4 aromatic rings. The summed E-state index contributed by atoms with van der Waals surface area (Å²) in [6.45, 7) is 2.08. The van der Waals surface area contributed by atoms with Crippen molar-refractivity contribution < 1.29 is 0 Å². The molecule has 2 heterocycles. The van der Waals surface area contributed by atoms with Crippen molar-refractivity contribution in [3.05, 3.63) is 83.0 Å². The topological polar surface area (TPSA) is 47.8 Å². The lowest BCUT2D eigenvalue weighted by Crippen LogP contribution is -2.16. The molecule has 4 heteroatoms. The fraction of sp³-hybridized carbons (Fsp3) is 0.0952. The van der Waals surface area contributed by atoms with Crippen LogP contribution < -0.4 is 5.56 Å². The smallest absolute Gasteiger partial charge is 0.260 e. The number of fused-ring (bicyclic) bond motifs is 1. The van der Waals surface area contributed by atoms with Crippen LogP contribution in [0.4, 0.5) is 0 Å². The molecule has 0 N–H and O–H groups in total. The van der Waals surface area contributed by atoms with Gasteiger partial charge < -0.3 is 4.57 Å². The predicted octanol–water partition coefficient (Wildman–Crippen LogP) is 3.97. The molecule has 0 spiro atoms. The molecule has 2 aromatic carbocycles. The maximum absolute atomic E-state index is 12.4. The van der Waals surface area contributed by atoms with Gasteiger partial charge in [0.05, 0.1) is 22.9 Å². The summed E-state index contributed by atoms with van der Waals surface area (Å²) in [5, 5.41) is 0.613. The summed E-state index contributed by atoms with van der Waals surface area (Å²) in [5.41, 5.74) is 5.80. The zero-order valence-corrected chi connectivity index (χ0v) is 14.1. The van der Waals surface area contributed by atoms with E-state index in [1.807, 2.05) is 42.5 Å². The first-order valence-corrected chi connectivity index (χ1v) is 8.12. The summed E-state index contributed by atoms with van der Waals surface area (Å²) < 4.78 is 1.50. The van der Waals surface area contributed by atoms with Crippen LogP contribution in [0.3, 0.4) is 0 Å². The summed E-state index contributed by atoms with van der Waals surface area (Å²) in [4.78, 5) is 21.4. The molecule has 122 valence electrons. The van der Waals surface area contributed by atoms with Gasteiger partial charge in [-0.25, -0.2) is 4.98 Å². The van der Waals surface area contributed by atoms with Gasteiger partial charge in [-0.2, -0.15) is 0 Å². The maximum Gasteiger partial charge on any atom is 0.260 e. The minimum absolute atomic E-state index is 0.0480. The fourth-order valence-electron chi connectivity index (χ4n) is 3.07. The molecule has 25 heavy (non-hydrogen) atoms. The van der Waals surface area contributed by atoms with Gasteiger partial charge in [-0.15, -0.1) is 0 Å². The molecule has 0 saturated heterocycles. The first-order chi connectivity index (χ1) is 12.1. The van der Waals surface area contributed by atoms with Crippen molar-refractivity contribution in [2.45, 2.75) is 6.92 Å². The van der Waals surface area contributed by atoms with Crippen molar-refractivity contribution in [1.82, 2.24) is 14.5 Å². The first kappa shape index (κ1) is 15.3. The monoisotopic (exact) mass is 327 g/mol. The van der Waals surface area contributed by atoms with E-state index in [1.165, 1.54) is 10.1 Å². The van der Waals surface area contributed by atoms with Crippen molar-refractivity contribution in [2.75, 3.05) is 0 Å². The number of pyridine rings is 1. The number of aromatic nitrogens is 3. The van der Waals surface area contributed by atoms with E-state index in [0.29, 0.717) is 10.9 Å². The number of rotatable bonds is 2. The quantitative estimate of drug-likeness (QED) is 0.560. The Bertz CT molecular complexity index is 1150. The van der Waals surface area contributed by atoms with Crippen molar-refractivity contribution in [1.29, 1.82) is 0 Å². The van der Waals surface area contributed by atoms with Gasteiger partial charge in [-0.3, -0.25) is 9.78 Å². The molecule has 0 saturated carbocycles. The lowest BCUT2D eigenvalue weighted by Gasteiger charge is -2.11. The Balaban J connectivity index is 1.98. The van der Waals surface area contributed by atoms with Gasteiger partial charge in [-0.1, -0.05) is 36.4 Å². The van der Waals surface area contributed by atoms with Crippen LogP contribution in [-0.4, -0.2) is 14.5 Å². The van der Waals surface area contributed by atoms with Crippen molar-refractivity contribution in [3.8, 4) is 22.4 Å². The lowest BCUT2D eigenvalue weighted by atomic mass is 9.96. The molecule has 0 fully saturated rings. The highest BCUT2D eigenvalue weighted by Crippen LogP contribution is 2.32. The third-order valence-corrected chi connectivity index (χ3v) is 4.44. The van der Waals surface area contributed by atoms with Crippen molar-refractivity contribution in [3.63, 3.8) is 0 Å². The van der Waals surface area contributed by atoms with Gasteiger partial charge in [-0.05, 0) is 36.2 Å². The van der Waals surface area contributed by atoms with Crippen LogP contribution in [0.1, 0.15) is 5.56 Å². The Hall–Kier alpha value is -3.27. The minimum atomic E-state index is -0.0480. The zero-order valence-electron chi connectivity index (χ0n) is 14.1. The molecule has 0 aliphatic heterocycles. The highest BCUT2D eigenvalue weighted by Gasteiger charge is 2.12. The van der Waals surface area contributed by atoms with Crippen LogP contribution in [0.15, 0.2) is 71.9 Å². The van der Waals surface area contributed by atoms with Gasteiger partial charge in [0.25, 0.3) is 5.56 Å². The highest BCUT2D eigenvalue weighted by atomic mass is 16.1. The molecule has 0 atom stereocenters. The Kier molecular flexibility index (Phi) is 3.65. The molecule has 2 aromatic heterocycles.